The summed E-state index contributed by atoms with van der Waals surface area (Å²) in [6.45, 7) is 1.78. The second-order valence-electron chi connectivity index (χ2n) is 4.45. The second kappa shape index (κ2) is 5.14. The third-order valence-electron chi connectivity index (χ3n) is 3.15. The Hall–Kier alpha value is -1.95. The zero-order valence-electron chi connectivity index (χ0n) is 10.1. The van der Waals surface area contributed by atoms with Gasteiger partial charge >= 0.3 is 0 Å². The van der Waals surface area contributed by atoms with Gasteiger partial charge < -0.3 is 10.2 Å². The fourth-order valence-electron chi connectivity index (χ4n) is 1.82. The predicted octanol–water partition coefficient (Wildman–Crippen LogP) is 1.17. The molecule has 1 aliphatic rings. The highest BCUT2D eigenvalue weighted by atomic mass is 16.6. The molecule has 1 aliphatic heterocycles. The molecular formula is C12H15N3O3. The number of hydrogen-bond acceptors (Lipinski definition) is 4. The number of nitro benzene ring substituents is 1. The van der Waals surface area contributed by atoms with Crippen LogP contribution < -0.4 is 10.2 Å². The highest BCUT2D eigenvalue weighted by Gasteiger charge is 2.22. The van der Waals surface area contributed by atoms with Gasteiger partial charge in [0.2, 0.25) is 5.91 Å². The lowest BCUT2D eigenvalue weighted by atomic mass is 9.99. The molecule has 96 valence electrons. The van der Waals surface area contributed by atoms with Crippen molar-refractivity contribution < 1.29 is 9.72 Å². The lowest BCUT2D eigenvalue weighted by Gasteiger charge is -2.28. The maximum Gasteiger partial charge on any atom is 0.269 e. The van der Waals surface area contributed by atoms with Crippen molar-refractivity contribution in [1.29, 1.82) is 0 Å². The van der Waals surface area contributed by atoms with Crippen molar-refractivity contribution in [2.24, 2.45) is 5.92 Å². The molecule has 1 aromatic rings. The van der Waals surface area contributed by atoms with E-state index < -0.39 is 4.92 Å². The van der Waals surface area contributed by atoms with E-state index in [1.54, 1.807) is 24.1 Å². The van der Waals surface area contributed by atoms with Crippen molar-refractivity contribution >= 4 is 17.3 Å². The van der Waals surface area contributed by atoms with Gasteiger partial charge in [0.1, 0.15) is 0 Å². The first kappa shape index (κ1) is 12.5. The van der Waals surface area contributed by atoms with Crippen molar-refractivity contribution in [2.75, 3.05) is 25.0 Å². The summed E-state index contributed by atoms with van der Waals surface area (Å²) in [4.78, 5) is 23.5. The van der Waals surface area contributed by atoms with Crippen LogP contribution in [-0.2, 0) is 4.79 Å². The Morgan fingerprint density at radius 2 is 2.06 bits per heavy atom. The summed E-state index contributed by atoms with van der Waals surface area (Å²) in [7, 11) is 1.69. The van der Waals surface area contributed by atoms with E-state index in [0.29, 0.717) is 18.0 Å². The lowest BCUT2D eigenvalue weighted by Crippen LogP contribution is -2.44. The van der Waals surface area contributed by atoms with Gasteiger partial charge in [-0.2, -0.15) is 0 Å². The molecule has 0 aromatic heterocycles. The van der Waals surface area contributed by atoms with Crippen LogP contribution in [0.3, 0.4) is 0 Å². The molecule has 1 amide bonds. The van der Waals surface area contributed by atoms with Crippen LogP contribution in [0.2, 0.25) is 0 Å². The minimum Gasteiger partial charge on any atom is -0.316 e. The summed E-state index contributed by atoms with van der Waals surface area (Å²) in [5.74, 6) is 0.452. The standard InChI is InChI=1S/C12H15N3O3/c1-14(12(16)6-9-7-13-8-9)10-2-4-11(5-3-10)15(17)18/h2-5,9,13H,6-8H2,1H3. The molecule has 1 saturated heterocycles. The van der Waals surface area contributed by atoms with Gasteiger partial charge in [0.25, 0.3) is 5.69 Å². The number of non-ortho nitro benzene ring substituents is 1. The van der Waals surface area contributed by atoms with Crippen molar-refractivity contribution in [3.63, 3.8) is 0 Å². The van der Waals surface area contributed by atoms with Gasteiger partial charge in [-0.1, -0.05) is 0 Å². The number of hydrogen-bond donors (Lipinski definition) is 1. The first-order valence-electron chi connectivity index (χ1n) is 5.79. The Kier molecular flexibility index (Phi) is 3.57. The average Bonchev–Trinajstić information content (AvgIpc) is 2.32. The lowest BCUT2D eigenvalue weighted by molar-refractivity contribution is -0.384. The fourth-order valence-corrected chi connectivity index (χ4v) is 1.82. The quantitative estimate of drug-likeness (QED) is 0.642. The number of carbonyl (C=O) groups excluding carboxylic acids is 1. The normalized spacial score (nSPS) is 14.9. The summed E-state index contributed by atoms with van der Waals surface area (Å²) in [5.41, 5.74) is 0.709. The number of amides is 1. The molecular weight excluding hydrogens is 234 g/mol. The summed E-state index contributed by atoms with van der Waals surface area (Å²) in [5, 5.41) is 13.6. The van der Waals surface area contributed by atoms with E-state index in [1.165, 1.54) is 12.1 Å². The Morgan fingerprint density at radius 3 is 2.50 bits per heavy atom. The molecule has 18 heavy (non-hydrogen) atoms. The number of rotatable bonds is 4. The zero-order valence-corrected chi connectivity index (χ0v) is 10.1. The minimum absolute atomic E-state index is 0.0304. The third kappa shape index (κ3) is 2.65. The Bertz CT molecular complexity index is 454. The minimum atomic E-state index is -0.453. The van der Waals surface area contributed by atoms with Crippen molar-refractivity contribution in [2.45, 2.75) is 6.42 Å². The topological polar surface area (TPSA) is 75.5 Å². The number of nitrogens with zero attached hydrogens (tertiary/aromatic N) is 2. The number of benzene rings is 1. The maximum atomic E-state index is 11.9. The molecule has 2 rings (SSSR count). The van der Waals surface area contributed by atoms with Crippen LogP contribution in [0, 0.1) is 16.0 Å². The zero-order chi connectivity index (χ0) is 13.1. The molecule has 0 atom stereocenters. The maximum absolute atomic E-state index is 11.9. The molecule has 0 radical (unpaired) electrons. The van der Waals surface area contributed by atoms with Gasteiger partial charge in [0.15, 0.2) is 0 Å². The van der Waals surface area contributed by atoms with Crippen molar-refractivity contribution in [1.82, 2.24) is 5.32 Å². The molecule has 1 heterocycles. The number of anilines is 1. The molecule has 0 unspecified atom stereocenters. The first-order valence-corrected chi connectivity index (χ1v) is 5.79. The fraction of sp³-hybridized carbons (Fsp3) is 0.417. The van der Waals surface area contributed by atoms with Crippen LogP contribution in [0.5, 0.6) is 0 Å². The molecule has 1 fully saturated rings. The van der Waals surface area contributed by atoms with Crippen LogP contribution in [0.4, 0.5) is 11.4 Å². The summed E-state index contributed by atoms with van der Waals surface area (Å²) in [6, 6.07) is 6.00. The van der Waals surface area contributed by atoms with Crippen molar-refractivity contribution in [3.8, 4) is 0 Å². The molecule has 1 aromatic carbocycles. The molecule has 0 bridgehead atoms. The van der Waals surface area contributed by atoms with E-state index in [2.05, 4.69) is 5.32 Å². The van der Waals surface area contributed by atoms with E-state index in [-0.39, 0.29) is 11.6 Å². The van der Waals surface area contributed by atoms with Crippen LogP contribution in [0.15, 0.2) is 24.3 Å². The highest BCUT2D eigenvalue weighted by molar-refractivity contribution is 5.93. The second-order valence-corrected chi connectivity index (χ2v) is 4.45. The number of nitrogens with one attached hydrogen (secondary N) is 1. The van der Waals surface area contributed by atoms with E-state index in [1.807, 2.05) is 0 Å². The van der Waals surface area contributed by atoms with Gasteiger partial charge in [-0.15, -0.1) is 0 Å². The number of carbonyl (C=O) groups is 1. The van der Waals surface area contributed by atoms with Crippen LogP contribution in [0.25, 0.3) is 0 Å². The summed E-state index contributed by atoms with van der Waals surface area (Å²) >= 11 is 0. The van der Waals surface area contributed by atoms with Gasteiger partial charge in [-0.25, -0.2) is 0 Å². The van der Waals surface area contributed by atoms with Gasteiger partial charge in [0.05, 0.1) is 4.92 Å². The van der Waals surface area contributed by atoms with Crippen LogP contribution >= 0.6 is 0 Å². The van der Waals surface area contributed by atoms with E-state index in [4.69, 9.17) is 0 Å². The number of nitro groups is 1. The molecule has 0 aliphatic carbocycles. The summed E-state index contributed by atoms with van der Waals surface area (Å²) < 4.78 is 0. The molecule has 6 nitrogen and oxygen atoms in total. The highest BCUT2D eigenvalue weighted by Crippen LogP contribution is 2.20. The predicted molar refractivity (Wildman–Crippen MR) is 67.5 cm³/mol. The van der Waals surface area contributed by atoms with E-state index in [0.717, 1.165) is 13.1 Å². The Morgan fingerprint density at radius 1 is 1.44 bits per heavy atom. The molecule has 6 heteroatoms. The van der Waals surface area contributed by atoms with Crippen molar-refractivity contribution in [3.05, 3.63) is 34.4 Å². The van der Waals surface area contributed by atoms with Gasteiger partial charge in [0, 0.05) is 31.3 Å². The summed E-state index contributed by atoms with van der Waals surface area (Å²) in [6.07, 6.45) is 0.514. The van der Waals surface area contributed by atoms with Crippen LogP contribution in [0.1, 0.15) is 6.42 Å². The smallest absolute Gasteiger partial charge is 0.269 e. The van der Waals surface area contributed by atoms with Gasteiger partial charge in [-0.3, -0.25) is 14.9 Å². The Labute approximate surface area is 105 Å². The van der Waals surface area contributed by atoms with E-state index in [9.17, 15) is 14.9 Å². The monoisotopic (exact) mass is 249 g/mol. The molecule has 1 N–H and O–H groups in total. The first-order chi connectivity index (χ1) is 8.58. The molecule has 0 spiro atoms. The molecule has 0 saturated carbocycles. The van der Waals surface area contributed by atoms with E-state index >= 15 is 0 Å². The van der Waals surface area contributed by atoms with Gasteiger partial charge in [-0.05, 0) is 31.1 Å². The Balaban J connectivity index is 2.00. The average molecular weight is 249 g/mol. The largest absolute Gasteiger partial charge is 0.316 e. The van der Waals surface area contributed by atoms with Crippen LogP contribution in [-0.4, -0.2) is 31.0 Å². The SMILES string of the molecule is CN(C(=O)CC1CNC1)c1ccc([N+](=O)[O-])cc1. The third-order valence-corrected chi connectivity index (χ3v) is 3.15.